The van der Waals surface area contributed by atoms with Crippen LogP contribution in [0.2, 0.25) is 0 Å². The van der Waals surface area contributed by atoms with Gasteiger partial charge in [0, 0.05) is 29.2 Å². The van der Waals surface area contributed by atoms with E-state index in [2.05, 4.69) is 37.8 Å². The average Bonchev–Trinajstić information content (AvgIpc) is 2.89. The van der Waals surface area contributed by atoms with Gasteiger partial charge in [-0.25, -0.2) is 14.4 Å². The first-order valence-corrected chi connectivity index (χ1v) is 11.4. The predicted molar refractivity (Wildman–Crippen MR) is 143 cm³/mol. The number of nitrogens with zero attached hydrogens (tertiary/aromatic N) is 2. The minimum Gasteiger partial charge on any atom is -0.381 e. The third-order valence-electron chi connectivity index (χ3n) is 5.35. The summed E-state index contributed by atoms with van der Waals surface area (Å²) in [6, 6.07) is 18.9. The lowest BCUT2D eigenvalue weighted by atomic mass is 10.1. The maximum atomic E-state index is 13.4. The van der Waals surface area contributed by atoms with E-state index in [1.165, 1.54) is 30.6 Å². The van der Waals surface area contributed by atoms with Crippen LogP contribution in [-0.4, -0.2) is 21.8 Å². The molecule has 0 radical (unpaired) electrons. The van der Waals surface area contributed by atoms with Crippen LogP contribution in [-0.2, 0) is 11.3 Å². The van der Waals surface area contributed by atoms with Gasteiger partial charge in [-0.3, -0.25) is 9.59 Å². The Morgan fingerprint density at radius 2 is 1.65 bits per heavy atom. The average molecular weight is 497 g/mol. The number of amides is 2. The molecule has 0 aliphatic heterocycles. The topological polar surface area (TPSA) is 108 Å². The van der Waals surface area contributed by atoms with Crippen LogP contribution in [0, 0.1) is 12.7 Å². The summed E-state index contributed by atoms with van der Waals surface area (Å²) in [4.78, 5) is 32.9. The number of nitrogens with one attached hydrogen (secondary N) is 4. The number of carbonyl (C=O) groups is 2. The monoisotopic (exact) mass is 496 g/mol. The van der Waals surface area contributed by atoms with E-state index in [0.717, 1.165) is 16.8 Å². The van der Waals surface area contributed by atoms with Crippen molar-refractivity contribution in [2.45, 2.75) is 13.5 Å². The quantitative estimate of drug-likeness (QED) is 0.223. The van der Waals surface area contributed by atoms with Gasteiger partial charge < -0.3 is 21.3 Å². The van der Waals surface area contributed by atoms with Crippen LogP contribution in [0.1, 0.15) is 21.5 Å². The van der Waals surface area contributed by atoms with E-state index in [9.17, 15) is 14.0 Å². The van der Waals surface area contributed by atoms with Crippen molar-refractivity contribution in [1.82, 2.24) is 9.97 Å². The highest BCUT2D eigenvalue weighted by molar-refractivity contribution is 6.05. The van der Waals surface area contributed by atoms with Crippen LogP contribution in [0.25, 0.3) is 0 Å². The standard InChI is InChI=1S/C28H25FN6O2/c1-3-26(36)33-22-8-5-9-23(13-22)35-28-31-16-24(17-32-28)34-27(37)25-14-21(11-10-18(25)2)30-15-19-6-4-7-20(29)12-19/h3-14,16-17,30H,1,15H2,2H3,(H,33,36)(H,34,37)(H,31,32,35). The number of aryl methyl sites for hydroxylation is 1. The second-order valence-electron chi connectivity index (χ2n) is 8.16. The molecule has 0 spiro atoms. The van der Waals surface area contributed by atoms with Crippen molar-refractivity contribution in [3.8, 4) is 0 Å². The molecule has 0 unspecified atom stereocenters. The molecule has 2 amide bonds. The molecule has 8 nitrogen and oxygen atoms in total. The summed E-state index contributed by atoms with van der Waals surface area (Å²) in [5.74, 6) is -0.583. The first-order chi connectivity index (χ1) is 17.9. The molecule has 0 saturated heterocycles. The van der Waals surface area contributed by atoms with Gasteiger partial charge >= 0.3 is 0 Å². The van der Waals surface area contributed by atoms with Gasteiger partial charge in [-0.05, 0) is 66.6 Å². The molecule has 0 aliphatic carbocycles. The van der Waals surface area contributed by atoms with Gasteiger partial charge in [-0.1, -0.05) is 30.8 Å². The highest BCUT2D eigenvalue weighted by atomic mass is 19.1. The summed E-state index contributed by atoms with van der Waals surface area (Å²) in [7, 11) is 0. The Bertz CT molecular complexity index is 1440. The maximum absolute atomic E-state index is 13.4. The molecule has 4 N–H and O–H groups in total. The second-order valence-corrected chi connectivity index (χ2v) is 8.16. The Labute approximate surface area is 213 Å². The van der Waals surface area contributed by atoms with Crippen molar-refractivity contribution in [3.63, 3.8) is 0 Å². The van der Waals surface area contributed by atoms with Crippen molar-refractivity contribution in [2.75, 3.05) is 21.3 Å². The van der Waals surface area contributed by atoms with E-state index in [1.807, 2.05) is 25.1 Å². The van der Waals surface area contributed by atoms with Crippen LogP contribution in [0.4, 0.5) is 33.1 Å². The number of rotatable bonds is 9. The number of halogens is 1. The fourth-order valence-electron chi connectivity index (χ4n) is 3.48. The van der Waals surface area contributed by atoms with Crippen molar-refractivity contribution >= 4 is 40.5 Å². The predicted octanol–water partition coefficient (Wildman–Crippen LogP) is 5.66. The van der Waals surface area contributed by atoms with Crippen LogP contribution in [0.3, 0.4) is 0 Å². The van der Waals surface area contributed by atoms with Gasteiger partial charge in [-0.15, -0.1) is 0 Å². The summed E-state index contributed by atoms with van der Waals surface area (Å²) in [5, 5.41) is 11.8. The van der Waals surface area contributed by atoms with Gasteiger partial charge in [0.25, 0.3) is 5.91 Å². The van der Waals surface area contributed by atoms with Crippen molar-refractivity contribution in [2.24, 2.45) is 0 Å². The molecule has 0 saturated carbocycles. The molecule has 186 valence electrons. The van der Waals surface area contributed by atoms with E-state index in [1.54, 1.807) is 36.4 Å². The lowest BCUT2D eigenvalue weighted by molar-refractivity contribution is -0.111. The molecule has 0 fully saturated rings. The lowest BCUT2D eigenvalue weighted by Crippen LogP contribution is -2.14. The molecule has 1 heterocycles. The third-order valence-corrected chi connectivity index (χ3v) is 5.35. The van der Waals surface area contributed by atoms with E-state index in [0.29, 0.717) is 35.1 Å². The van der Waals surface area contributed by atoms with Crippen LogP contribution < -0.4 is 21.3 Å². The molecular formula is C28H25FN6O2. The summed E-state index contributed by atoms with van der Waals surface area (Å²) >= 11 is 0. The Kier molecular flexibility index (Phi) is 7.85. The molecule has 0 atom stereocenters. The molecule has 4 rings (SSSR count). The lowest BCUT2D eigenvalue weighted by Gasteiger charge is -2.12. The summed E-state index contributed by atoms with van der Waals surface area (Å²) in [5.41, 5.74) is 4.54. The summed E-state index contributed by atoms with van der Waals surface area (Å²) < 4.78 is 13.4. The first kappa shape index (κ1) is 25.1. The van der Waals surface area contributed by atoms with Crippen molar-refractivity contribution in [1.29, 1.82) is 0 Å². The molecule has 1 aromatic heterocycles. The molecule has 3 aromatic carbocycles. The first-order valence-electron chi connectivity index (χ1n) is 11.4. The molecule has 4 aromatic rings. The molecule has 9 heteroatoms. The SMILES string of the molecule is C=CC(=O)Nc1cccc(Nc2ncc(NC(=O)c3cc(NCc4cccc(F)c4)ccc3C)cn2)c1. The van der Waals surface area contributed by atoms with Crippen molar-refractivity contribution < 1.29 is 14.0 Å². The van der Waals surface area contributed by atoms with Gasteiger partial charge in [-0.2, -0.15) is 0 Å². The van der Waals surface area contributed by atoms with Gasteiger partial charge in [0.05, 0.1) is 18.1 Å². The number of anilines is 5. The number of aromatic nitrogens is 2. The zero-order valence-electron chi connectivity index (χ0n) is 20.1. The van der Waals surface area contributed by atoms with E-state index in [4.69, 9.17) is 0 Å². The highest BCUT2D eigenvalue weighted by Gasteiger charge is 2.12. The minimum atomic E-state index is -0.309. The molecule has 0 bridgehead atoms. The summed E-state index contributed by atoms with van der Waals surface area (Å²) in [6.07, 6.45) is 4.19. The molecule has 37 heavy (non-hydrogen) atoms. The Morgan fingerprint density at radius 3 is 2.41 bits per heavy atom. The second kappa shape index (κ2) is 11.6. The van der Waals surface area contributed by atoms with E-state index < -0.39 is 0 Å². The van der Waals surface area contributed by atoms with Crippen LogP contribution >= 0.6 is 0 Å². The third kappa shape index (κ3) is 6.98. The molecule has 0 aliphatic rings. The molecular weight excluding hydrogens is 471 g/mol. The van der Waals surface area contributed by atoms with Gasteiger partial charge in [0.15, 0.2) is 0 Å². The zero-order valence-corrected chi connectivity index (χ0v) is 20.1. The van der Waals surface area contributed by atoms with Crippen LogP contribution in [0.15, 0.2) is 91.8 Å². The normalized spacial score (nSPS) is 10.3. The van der Waals surface area contributed by atoms with Gasteiger partial charge in [0.1, 0.15) is 5.82 Å². The Hall–Kier alpha value is -5.05. The highest BCUT2D eigenvalue weighted by Crippen LogP contribution is 2.20. The van der Waals surface area contributed by atoms with Gasteiger partial charge in [0.2, 0.25) is 11.9 Å². The fraction of sp³-hybridized carbons (Fsp3) is 0.0714. The van der Waals surface area contributed by atoms with Crippen LogP contribution in [0.5, 0.6) is 0 Å². The summed E-state index contributed by atoms with van der Waals surface area (Å²) in [6.45, 7) is 5.71. The number of hydrogen-bond acceptors (Lipinski definition) is 6. The number of benzene rings is 3. The number of hydrogen-bond donors (Lipinski definition) is 4. The maximum Gasteiger partial charge on any atom is 0.256 e. The largest absolute Gasteiger partial charge is 0.381 e. The minimum absolute atomic E-state index is 0.294. The smallest absolute Gasteiger partial charge is 0.256 e. The Morgan fingerprint density at radius 1 is 0.892 bits per heavy atom. The van der Waals surface area contributed by atoms with Crippen molar-refractivity contribution in [3.05, 3.63) is 114 Å². The Balaban J connectivity index is 1.38. The fourth-order valence-corrected chi connectivity index (χ4v) is 3.48. The van der Waals surface area contributed by atoms with E-state index >= 15 is 0 Å². The number of carbonyl (C=O) groups excluding carboxylic acids is 2. The van der Waals surface area contributed by atoms with E-state index in [-0.39, 0.29) is 17.6 Å². The zero-order chi connectivity index (χ0) is 26.2.